The minimum absolute atomic E-state index is 0. The molecule has 4 rings (SSSR count). The van der Waals surface area contributed by atoms with Crippen LogP contribution in [0, 0.1) is 34.5 Å². The summed E-state index contributed by atoms with van der Waals surface area (Å²) in [6.07, 6.45) is 10.1. The average molecular weight is 432 g/mol. The first-order valence-corrected chi connectivity index (χ1v) is 11.2. The molecule has 4 aliphatic rings. The van der Waals surface area contributed by atoms with Crippen LogP contribution < -0.4 is 59.1 Å². The summed E-state index contributed by atoms with van der Waals surface area (Å²) < 4.78 is 34.1. The van der Waals surface area contributed by atoms with Crippen molar-refractivity contribution in [1.29, 1.82) is 0 Å². The molecule has 6 nitrogen and oxygen atoms in total. The molecule has 9 heteroatoms. The number of aliphatic hydroxyl groups is 1. The van der Waals surface area contributed by atoms with E-state index in [4.69, 9.17) is 17.5 Å². The Morgan fingerprint density at radius 2 is 1.57 bits per heavy atom. The molecule has 0 amide bonds. The van der Waals surface area contributed by atoms with Crippen molar-refractivity contribution in [2.45, 2.75) is 77.7 Å². The van der Waals surface area contributed by atoms with Gasteiger partial charge in [-0.15, -0.1) is 0 Å². The summed E-state index contributed by atoms with van der Waals surface area (Å²) in [6.45, 7) is 4.78. The standard InChI is InChI=1S/C19H30O2.2Na.H2O4S/c1-18-9-7-13(20)11-12(18)3-4-14-15-5-6-17(21)19(15,2)10-8-16(14)18;;;1-5(2,3)4/h12-16,20H,3-11H2,1-2H3;;;(H2,1,2,3,4)/q;2*+1;/p-2/t12?,13-,14?,15?,16?,18-,19-;;;/m0.../s1. The fourth-order valence-electron chi connectivity index (χ4n) is 7.01. The topological polar surface area (TPSA) is 118 Å². The van der Waals surface area contributed by atoms with Gasteiger partial charge in [0, 0.05) is 22.2 Å². The quantitative estimate of drug-likeness (QED) is 0.243. The summed E-state index contributed by atoms with van der Waals surface area (Å²) in [5, 5.41) is 10.0. The molecule has 0 aliphatic heterocycles. The van der Waals surface area contributed by atoms with Crippen LogP contribution in [0.3, 0.4) is 0 Å². The first-order valence-electron chi connectivity index (χ1n) is 9.83. The Bertz CT molecular complexity index is 663. The van der Waals surface area contributed by atoms with Gasteiger partial charge in [-0.05, 0) is 80.5 Å². The van der Waals surface area contributed by atoms with Crippen LogP contribution in [0.25, 0.3) is 0 Å². The molecule has 28 heavy (non-hydrogen) atoms. The zero-order valence-electron chi connectivity index (χ0n) is 17.6. The fourth-order valence-corrected chi connectivity index (χ4v) is 7.01. The van der Waals surface area contributed by atoms with Gasteiger partial charge in [0.05, 0.1) is 6.10 Å². The maximum Gasteiger partial charge on any atom is 1.00 e. The van der Waals surface area contributed by atoms with Gasteiger partial charge < -0.3 is 14.2 Å². The largest absolute Gasteiger partial charge is 1.00 e. The minimum atomic E-state index is -5.17. The number of fused-ring (bicyclic) bond motifs is 5. The maximum absolute atomic E-state index is 12.4. The number of Topliss-reactive ketones (excluding diaryl/α,β-unsaturated/α-hetero) is 1. The van der Waals surface area contributed by atoms with E-state index in [0.717, 1.165) is 49.9 Å². The first-order chi connectivity index (χ1) is 11.9. The van der Waals surface area contributed by atoms with Gasteiger partial charge in [0.25, 0.3) is 0 Å². The molecule has 4 fully saturated rings. The molecule has 150 valence electrons. The summed E-state index contributed by atoms with van der Waals surface area (Å²) in [5.41, 5.74) is 0.452. The van der Waals surface area contributed by atoms with E-state index in [0.29, 0.717) is 17.1 Å². The normalized spacial score (nSPS) is 44.5. The second-order valence-electron chi connectivity index (χ2n) is 9.41. The van der Waals surface area contributed by atoms with Crippen LogP contribution in [0.1, 0.15) is 71.6 Å². The Hall–Kier alpha value is 1.50. The van der Waals surface area contributed by atoms with E-state index in [1.807, 2.05) is 0 Å². The predicted octanol–water partition coefficient (Wildman–Crippen LogP) is -3.37. The third-order valence-electron chi connectivity index (χ3n) is 8.35. The van der Waals surface area contributed by atoms with E-state index in [-0.39, 0.29) is 70.6 Å². The molecule has 0 radical (unpaired) electrons. The minimum Gasteiger partial charge on any atom is -0.759 e. The van der Waals surface area contributed by atoms with Gasteiger partial charge in [0.2, 0.25) is 0 Å². The zero-order chi connectivity index (χ0) is 19.3. The number of hydrogen-bond donors (Lipinski definition) is 1. The van der Waals surface area contributed by atoms with Gasteiger partial charge in [-0.25, -0.2) is 0 Å². The van der Waals surface area contributed by atoms with Crippen LogP contribution in [0.4, 0.5) is 0 Å². The smallest absolute Gasteiger partial charge is 0.759 e. The maximum atomic E-state index is 12.4. The van der Waals surface area contributed by atoms with Crippen molar-refractivity contribution in [2.75, 3.05) is 0 Å². The van der Waals surface area contributed by atoms with E-state index in [1.54, 1.807) is 0 Å². The van der Waals surface area contributed by atoms with Crippen LogP contribution in [0.5, 0.6) is 0 Å². The molecule has 7 atom stereocenters. The van der Waals surface area contributed by atoms with E-state index in [1.165, 1.54) is 25.7 Å². The van der Waals surface area contributed by atoms with Crippen molar-refractivity contribution in [3.05, 3.63) is 0 Å². The third-order valence-corrected chi connectivity index (χ3v) is 8.35. The molecule has 0 aromatic carbocycles. The Morgan fingerprint density at radius 1 is 0.964 bits per heavy atom. The van der Waals surface area contributed by atoms with Crippen LogP contribution in [0.15, 0.2) is 0 Å². The molecule has 0 aromatic rings. The molecule has 0 bridgehead atoms. The van der Waals surface area contributed by atoms with E-state index in [9.17, 15) is 9.90 Å². The molecule has 0 aromatic heterocycles. The van der Waals surface area contributed by atoms with E-state index < -0.39 is 10.4 Å². The Kier molecular flexibility index (Phi) is 9.80. The molecular formula is C19H30Na2O6S. The first kappa shape index (κ1) is 27.5. The summed E-state index contributed by atoms with van der Waals surface area (Å²) >= 11 is 0. The summed E-state index contributed by atoms with van der Waals surface area (Å²) in [7, 11) is -5.17. The molecule has 4 saturated carbocycles. The molecule has 0 heterocycles. The molecular weight excluding hydrogens is 402 g/mol. The molecule has 4 unspecified atom stereocenters. The number of aliphatic hydroxyl groups excluding tert-OH is 1. The van der Waals surface area contributed by atoms with Crippen molar-refractivity contribution in [3.63, 3.8) is 0 Å². The van der Waals surface area contributed by atoms with Crippen LogP contribution in [0.2, 0.25) is 0 Å². The van der Waals surface area contributed by atoms with E-state index >= 15 is 0 Å². The van der Waals surface area contributed by atoms with Gasteiger partial charge in [-0.3, -0.25) is 13.2 Å². The number of carbonyl (C=O) groups excluding carboxylic acids is 1. The average Bonchev–Trinajstić information content (AvgIpc) is 2.82. The van der Waals surface area contributed by atoms with Crippen molar-refractivity contribution in [1.82, 2.24) is 0 Å². The zero-order valence-corrected chi connectivity index (χ0v) is 22.5. The monoisotopic (exact) mass is 432 g/mol. The van der Waals surface area contributed by atoms with Crippen molar-refractivity contribution < 1.29 is 86.5 Å². The summed E-state index contributed by atoms with van der Waals surface area (Å²) in [6, 6.07) is 0. The van der Waals surface area contributed by atoms with Gasteiger partial charge in [0.1, 0.15) is 5.78 Å². The van der Waals surface area contributed by atoms with Crippen molar-refractivity contribution >= 4 is 16.2 Å². The van der Waals surface area contributed by atoms with Crippen LogP contribution in [-0.2, 0) is 15.2 Å². The predicted molar refractivity (Wildman–Crippen MR) is 93.2 cm³/mol. The van der Waals surface area contributed by atoms with Crippen LogP contribution >= 0.6 is 0 Å². The van der Waals surface area contributed by atoms with Crippen LogP contribution in [-0.4, -0.2) is 34.5 Å². The van der Waals surface area contributed by atoms with Gasteiger partial charge in [-0.1, -0.05) is 13.8 Å². The molecule has 0 spiro atoms. The SMILES string of the molecule is C[C@]12CC[C@H](O)CC1CCC1C2CC[C@]2(C)C(=O)CCC12.O=S(=O)([O-])[O-].[Na+].[Na+]. The second kappa shape index (κ2) is 9.97. The Balaban J connectivity index is 0.000000504. The van der Waals surface area contributed by atoms with E-state index in [2.05, 4.69) is 13.8 Å². The number of rotatable bonds is 0. The van der Waals surface area contributed by atoms with Crippen molar-refractivity contribution in [2.24, 2.45) is 34.5 Å². The Morgan fingerprint density at radius 3 is 2.18 bits per heavy atom. The summed E-state index contributed by atoms with van der Waals surface area (Å²) in [4.78, 5) is 12.4. The van der Waals surface area contributed by atoms with Crippen molar-refractivity contribution in [3.8, 4) is 0 Å². The van der Waals surface area contributed by atoms with Gasteiger partial charge in [0.15, 0.2) is 0 Å². The summed E-state index contributed by atoms with van der Waals surface area (Å²) in [5.74, 6) is 3.54. The van der Waals surface area contributed by atoms with Gasteiger partial charge in [-0.2, -0.15) is 0 Å². The molecule has 4 aliphatic carbocycles. The number of carbonyl (C=O) groups is 1. The molecule has 1 N–H and O–H groups in total. The number of hydrogen-bond acceptors (Lipinski definition) is 6. The third kappa shape index (κ3) is 5.45. The molecule has 0 saturated heterocycles. The second-order valence-corrected chi connectivity index (χ2v) is 10.2. The Labute approximate surface area is 213 Å². The fraction of sp³-hybridized carbons (Fsp3) is 0.947. The number of ketones is 1. The van der Waals surface area contributed by atoms with Gasteiger partial charge >= 0.3 is 59.1 Å².